The van der Waals surface area contributed by atoms with E-state index >= 15 is 0 Å². The van der Waals surface area contributed by atoms with Gasteiger partial charge in [-0.3, -0.25) is 9.59 Å². The molecule has 3 N–H and O–H groups in total. The fourth-order valence-electron chi connectivity index (χ4n) is 2.18. The minimum Gasteiger partial charge on any atom is -0.484 e. The van der Waals surface area contributed by atoms with Crippen LogP contribution in [0.15, 0.2) is 54.6 Å². The average molecular weight is 341 g/mol. The summed E-state index contributed by atoms with van der Waals surface area (Å²) in [7, 11) is 1.85. The van der Waals surface area contributed by atoms with Crippen LogP contribution in [0.4, 0.5) is 11.4 Å². The van der Waals surface area contributed by atoms with Gasteiger partial charge < -0.3 is 20.7 Å². The molecule has 0 spiro atoms. The van der Waals surface area contributed by atoms with Crippen LogP contribution in [0, 0.1) is 0 Å². The van der Waals surface area contributed by atoms with Gasteiger partial charge in [-0.25, -0.2) is 0 Å². The third-order valence-electron chi connectivity index (χ3n) is 3.38. The van der Waals surface area contributed by atoms with Crippen LogP contribution in [-0.4, -0.2) is 32.0 Å². The summed E-state index contributed by atoms with van der Waals surface area (Å²) in [5, 5.41) is 8.57. The maximum absolute atomic E-state index is 11.9. The molecule has 2 amide bonds. The van der Waals surface area contributed by atoms with E-state index in [0.29, 0.717) is 17.9 Å². The monoisotopic (exact) mass is 341 g/mol. The van der Waals surface area contributed by atoms with Gasteiger partial charge in [-0.2, -0.15) is 0 Å². The van der Waals surface area contributed by atoms with Gasteiger partial charge in [0.1, 0.15) is 5.75 Å². The molecule has 0 radical (unpaired) electrons. The fourth-order valence-corrected chi connectivity index (χ4v) is 2.18. The van der Waals surface area contributed by atoms with Crippen molar-refractivity contribution in [1.82, 2.24) is 5.32 Å². The van der Waals surface area contributed by atoms with Crippen LogP contribution >= 0.6 is 0 Å². The predicted octanol–water partition coefficient (Wildman–Crippen LogP) is 2.64. The highest BCUT2D eigenvalue weighted by Gasteiger charge is 2.06. The lowest BCUT2D eigenvalue weighted by Gasteiger charge is -2.10. The van der Waals surface area contributed by atoms with Crippen LogP contribution in [0.2, 0.25) is 0 Å². The molecule has 6 nitrogen and oxygen atoms in total. The Hall–Kier alpha value is -2.86. The molecule has 6 heteroatoms. The molecule has 2 aromatic carbocycles. The van der Waals surface area contributed by atoms with Crippen molar-refractivity contribution in [3.05, 3.63) is 54.6 Å². The first-order valence-corrected chi connectivity index (χ1v) is 8.19. The summed E-state index contributed by atoms with van der Waals surface area (Å²) >= 11 is 0. The lowest BCUT2D eigenvalue weighted by molar-refractivity contribution is -0.118. The Kier molecular flexibility index (Phi) is 7.46. The van der Waals surface area contributed by atoms with Crippen molar-refractivity contribution in [3.63, 3.8) is 0 Å². The smallest absolute Gasteiger partial charge is 0.262 e. The normalized spacial score (nSPS) is 10.1. The summed E-state index contributed by atoms with van der Waals surface area (Å²) < 4.78 is 5.49. The highest BCUT2D eigenvalue weighted by Crippen LogP contribution is 2.17. The zero-order chi connectivity index (χ0) is 17.9. The molecule has 0 saturated heterocycles. The first-order valence-electron chi connectivity index (χ1n) is 8.19. The summed E-state index contributed by atoms with van der Waals surface area (Å²) in [4.78, 5) is 23.7. The van der Waals surface area contributed by atoms with E-state index in [2.05, 4.69) is 16.0 Å². The number of amides is 2. The van der Waals surface area contributed by atoms with E-state index in [-0.39, 0.29) is 18.4 Å². The lowest BCUT2D eigenvalue weighted by atomic mass is 10.2. The molecule has 0 bridgehead atoms. The van der Waals surface area contributed by atoms with Gasteiger partial charge in [-0.05, 0) is 44.3 Å². The number of ether oxygens (including phenoxy) is 1. The SMILES string of the molecule is CNCCCC(=O)Nc1cccc(OCC(=O)Nc2ccccc2)c1. The van der Waals surface area contributed by atoms with Crippen LogP contribution in [0.25, 0.3) is 0 Å². The maximum atomic E-state index is 11.9. The van der Waals surface area contributed by atoms with Gasteiger partial charge in [0.25, 0.3) is 5.91 Å². The molecule has 0 aliphatic carbocycles. The van der Waals surface area contributed by atoms with Crippen LogP contribution < -0.4 is 20.7 Å². The second-order valence-corrected chi connectivity index (χ2v) is 5.49. The second kappa shape index (κ2) is 10.1. The molecule has 0 heterocycles. The van der Waals surface area contributed by atoms with Gasteiger partial charge in [0.05, 0.1) is 0 Å². The van der Waals surface area contributed by atoms with Gasteiger partial charge in [-0.15, -0.1) is 0 Å². The van der Waals surface area contributed by atoms with E-state index < -0.39 is 0 Å². The number of nitrogens with one attached hydrogen (secondary N) is 3. The van der Waals surface area contributed by atoms with Crippen LogP contribution in [0.3, 0.4) is 0 Å². The molecule has 0 atom stereocenters. The molecular formula is C19H23N3O3. The number of benzene rings is 2. The van der Waals surface area contributed by atoms with Gasteiger partial charge in [0.2, 0.25) is 5.91 Å². The van der Waals surface area contributed by atoms with Crippen molar-refractivity contribution >= 4 is 23.2 Å². The molecule has 0 unspecified atom stereocenters. The number of carbonyl (C=O) groups excluding carboxylic acids is 2. The Morgan fingerprint density at radius 2 is 1.64 bits per heavy atom. The van der Waals surface area contributed by atoms with E-state index in [1.807, 2.05) is 37.4 Å². The molecule has 0 aliphatic rings. The summed E-state index contributed by atoms with van der Waals surface area (Å²) in [5.74, 6) is 0.234. The Morgan fingerprint density at radius 1 is 0.920 bits per heavy atom. The summed E-state index contributed by atoms with van der Waals surface area (Å²) in [6.07, 6.45) is 1.23. The van der Waals surface area contributed by atoms with E-state index in [0.717, 1.165) is 18.7 Å². The van der Waals surface area contributed by atoms with Gasteiger partial charge in [-0.1, -0.05) is 24.3 Å². The van der Waals surface area contributed by atoms with Crippen molar-refractivity contribution in [2.45, 2.75) is 12.8 Å². The highest BCUT2D eigenvalue weighted by molar-refractivity contribution is 5.92. The van der Waals surface area contributed by atoms with Crippen molar-refractivity contribution in [2.24, 2.45) is 0 Å². The number of rotatable bonds is 9. The quantitative estimate of drug-likeness (QED) is 0.613. The van der Waals surface area contributed by atoms with E-state index in [1.165, 1.54) is 0 Å². The number of para-hydroxylation sites is 1. The number of hydrogen-bond donors (Lipinski definition) is 3. The summed E-state index contributed by atoms with van der Waals surface area (Å²) in [6.45, 7) is 0.696. The van der Waals surface area contributed by atoms with Crippen LogP contribution in [0.1, 0.15) is 12.8 Å². The maximum Gasteiger partial charge on any atom is 0.262 e. The zero-order valence-electron chi connectivity index (χ0n) is 14.2. The highest BCUT2D eigenvalue weighted by atomic mass is 16.5. The van der Waals surface area contributed by atoms with E-state index in [9.17, 15) is 9.59 Å². The minimum absolute atomic E-state index is 0.0470. The number of hydrogen-bond acceptors (Lipinski definition) is 4. The largest absolute Gasteiger partial charge is 0.484 e. The standard InChI is InChI=1S/C19H23N3O3/c1-20-12-6-11-18(23)22-16-9-5-10-17(13-16)25-14-19(24)21-15-7-3-2-4-8-15/h2-5,7-10,13,20H,6,11-12,14H2,1H3,(H,21,24)(H,22,23). The minimum atomic E-state index is -0.243. The number of anilines is 2. The molecule has 2 aromatic rings. The Balaban J connectivity index is 1.80. The second-order valence-electron chi connectivity index (χ2n) is 5.49. The molecule has 0 aliphatic heterocycles. The van der Waals surface area contributed by atoms with Crippen molar-refractivity contribution in [1.29, 1.82) is 0 Å². The van der Waals surface area contributed by atoms with Crippen molar-refractivity contribution in [2.75, 3.05) is 30.8 Å². The molecule has 2 rings (SSSR count). The number of carbonyl (C=O) groups is 2. The Morgan fingerprint density at radius 3 is 2.40 bits per heavy atom. The van der Waals surface area contributed by atoms with Gasteiger partial charge in [0.15, 0.2) is 6.61 Å². The molecule has 0 fully saturated rings. The Bertz CT molecular complexity index is 689. The topological polar surface area (TPSA) is 79.5 Å². The van der Waals surface area contributed by atoms with Crippen LogP contribution in [0.5, 0.6) is 5.75 Å². The summed E-state index contributed by atoms with van der Waals surface area (Å²) in [5.41, 5.74) is 1.37. The first-order chi connectivity index (χ1) is 12.2. The first kappa shape index (κ1) is 18.5. The fraction of sp³-hybridized carbons (Fsp3) is 0.263. The third-order valence-corrected chi connectivity index (χ3v) is 3.38. The zero-order valence-corrected chi connectivity index (χ0v) is 14.2. The molecular weight excluding hydrogens is 318 g/mol. The van der Waals surface area contributed by atoms with E-state index in [1.54, 1.807) is 24.3 Å². The molecule has 0 saturated carbocycles. The molecule has 132 valence electrons. The van der Waals surface area contributed by atoms with Gasteiger partial charge >= 0.3 is 0 Å². The van der Waals surface area contributed by atoms with Crippen LogP contribution in [-0.2, 0) is 9.59 Å². The predicted molar refractivity (Wildman–Crippen MR) is 98.8 cm³/mol. The van der Waals surface area contributed by atoms with Gasteiger partial charge in [0, 0.05) is 23.9 Å². The van der Waals surface area contributed by atoms with Crippen molar-refractivity contribution < 1.29 is 14.3 Å². The average Bonchev–Trinajstić information content (AvgIpc) is 2.61. The lowest BCUT2D eigenvalue weighted by Crippen LogP contribution is -2.20. The summed E-state index contributed by atoms with van der Waals surface area (Å²) in [6, 6.07) is 16.2. The molecule has 25 heavy (non-hydrogen) atoms. The van der Waals surface area contributed by atoms with E-state index in [4.69, 9.17) is 4.74 Å². The molecule has 0 aromatic heterocycles. The van der Waals surface area contributed by atoms with Crippen molar-refractivity contribution in [3.8, 4) is 5.75 Å². The third kappa shape index (κ3) is 7.05. The Labute approximate surface area is 147 Å².